The van der Waals surface area contributed by atoms with Gasteiger partial charge in [0.2, 0.25) is 5.13 Å². The number of benzene rings is 1. The Labute approximate surface area is 138 Å². The Hall–Kier alpha value is -2.12. The monoisotopic (exact) mass is 330 g/mol. The van der Waals surface area contributed by atoms with Gasteiger partial charge in [0, 0.05) is 18.9 Å². The molecule has 2 heterocycles. The van der Waals surface area contributed by atoms with Crippen molar-refractivity contribution in [3.63, 3.8) is 0 Å². The molecule has 6 nitrogen and oxygen atoms in total. The largest absolute Gasteiger partial charge is 0.396 e. The molecule has 1 N–H and O–H groups in total. The molecule has 23 heavy (non-hydrogen) atoms. The third kappa shape index (κ3) is 3.02. The van der Waals surface area contributed by atoms with Crippen molar-refractivity contribution in [1.29, 1.82) is 0 Å². The van der Waals surface area contributed by atoms with Gasteiger partial charge in [0.05, 0.1) is 15.9 Å². The highest BCUT2D eigenvalue weighted by molar-refractivity contribution is 7.22. The molecule has 0 saturated carbocycles. The number of amides is 1. The Morgan fingerprint density at radius 2 is 2.22 bits per heavy atom. The van der Waals surface area contributed by atoms with Gasteiger partial charge < -0.3 is 5.11 Å². The molecule has 0 radical (unpaired) electrons. The van der Waals surface area contributed by atoms with Crippen LogP contribution >= 0.6 is 11.3 Å². The first kappa shape index (κ1) is 15.8. The lowest BCUT2D eigenvalue weighted by atomic mass is 9.99. The fourth-order valence-corrected chi connectivity index (χ4v) is 3.47. The van der Waals surface area contributed by atoms with Crippen molar-refractivity contribution in [2.45, 2.75) is 20.3 Å². The number of aliphatic imine (C=N–C) groups is 1. The van der Waals surface area contributed by atoms with Crippen LogP contribution in [-0.2, 0) is 4.79 Å². The molecule has 120 valence electrons. The molecular formula is C16H18N4O2S. The van der Waals surface area contributed by atoms with Crippen molar-refractivity contribution < 1.29 is 9.90 Å². The average Bonchev–Trinajstić information content (AvgIpc) is 3.08. The number of hydrazone groups is 1. The molecule has 1 aliphatic rings. The summed E-state index contributed by atoms with van der Waals surface area (Å²) in [5.41, 5.74) is 2.32. The van der Waals surface area contributed by atoms with Gasteiger partial charge in [0.1, 0.15) is 5.92 Å². The van der Waals surface area contributed by atoms with E-state index >= 15 is 0 Å². The number of rotatable bonds is 5. The van der Waals surface area contributed by atoms with Gasteiger partial charge in [-0.05, 0) is 32.4 Å². The standard InChI is InChI=1S/C16H18N4O2S/c1-10(17-8-5-9-21)14-11(2)19-20(15(14)22)16-18-12-6-3-4-7-13(12)23-16/h3-4,6-7,14,21H,5,8-9H2,1-2H3/t14-/m1/s1. The second kappa shape index (κ2) is 6.55. The van der Waals surface area contributed by atoms with Gasteiger partial charge in [0.15, 0.2) is 0 Å². The third-order valence-electron chi connectivity index (χ3n) is 3.69. The van der Waals surface area contributed by atoms with Crippen molar-refractivity contribution in [3.05, 3.63) is 24.3 Å². The molecular weight excluding hydrogens is 312 g/mol. The van der Waals surface area contributed by atoms with Gasteiger partial charge in [0.25, 0.3) is 5.91 Å². The zero-order chi connectivity index (χ0) is 16.4. The fraction of sp³-hybridized carbons (Fsp3) is 0.375. The van der Waals surface area contributed by atoms with E-state index in [0.717, 1.165) is 21.6 Å². The van der Waals surface area contributed by atoms with E-state index in [4.69, 9.17) is 5.11 Å². The summed E-state index contributed by atoms with van der Waals surface area (Å²) in [4.78, 5) is 21.6. The minimum absolute atomic E-state index is 0.0975. The van der Waals surface area contributed by atoms with Crippen molar-refractivity contribution in [2.75, 3.05) is 18.2 Å². The fourth-order valence-electron chi connectivity index (χ4n) is 2.55. The topological polar surface area (TPSA) is 78.2 Å². The molecule has 0 bridgehead atoms. The zero-order valence-electron chi connectivity index (χ0n) is 13.1. The maximum absolute atomic E-state index is 12.7. The summed E-state index contributed by atoms with van der Waals surface area (Å²) in [6.07, 6.45) is 0.593. The molecule has 0 spiro atoms. The Bertz CT molecular complexity index is 763. The third-order valence-corrected chi connectivity index (χ3v) is 4.70. The van der Waals surface area contributed by atoms with Crippen LogP contribution in [0.25, 0.3) is 10.2 Å². The van der Waals surface area contributed by atoms with Gasteiger partial charge in [-0.15, -0.1) is 0 Å². The van der Waals surface area contributed by atoms with E-state index in [1.807, 2.05) is 38.1 Å². The molecule has 3 rings (SSSR count). The first-order chi connectivity index (χ1) is 11.1. The highest BCUT2D eigenvalue weighted by atomic mass is 32.1. The number of nitrogens with zero attached hydrogens (tertiary/aromatic N) is 4. The summed E-state index contributed by atoms with van der Waals surface area (Å²) >= 11 is 1.45. The number of anilines is 1. The lowest BCUT2D eigenvalue weighted by Gasteiger charge is -2.11. The maximum atomic E-state index is 12.7. The minimum Gasteiger partial charge on any atom is -0.396 e. The summed E-state index contributed by atoms with van der Waals surface area (Å²) in [5, 5.41) is 15.2. The highest BCUT2D eigenvalue weighted by Gasteiger charge is 2.37. The van der Waals surface area contributed by atoms with E-state index in [-0.39, 0.29) is 12.5 Å². The number of aliphatic hydroxyl groups excluding tert-OH is 1. The average molecular weight is 330 g/mol. The molecule has 7 heteroatoms. The van der Waals surface area contributed by atoms with Crippen molar-refractivity contribution >= 4 is 44.0 Å². The Morgan fingerprint density at radius 3 is 2.96 bits per heavy atom. The van der Waals surface area contributed by atoms with E-state index in [9.17, 15) is 4.79 Å². The normalized spacial score (nSPS) is 18.8. The van der Waals surface area contributed by atoms with Crippen molar-refractivity contribution in [3.8, 4) is 0 Å². The summed E-state index contributed by atoms with van der Waals surface area (Å²) in [5.74, 6) is -0.549. The molecule has 1 amide bonds. The lowest BCUT2D eigenvalue weighted by Crippen LogP contribution is -2.31. The van der Waals surface area contributed by atoms with Gasteiger partial charge in [-0.2, -0.15) is 10.1 Å². The number of aromatic nitrogens is 1. The first-order valence-corrected chi connectivity index (χ1v) is 8.30. The second-order valence-corrected chi connectivity index (χ2v) is 6.40. The number of aliphatic hydroxyl groups is 1. The van der Waals surface area contributed by atoms with E-state index in [1.165, 1.54) is 16.3 Å². The molecule has 0 saturated heterocycles. The van der Waals surface area contributed by atoms with Crippen LogP contribution in [-0.4, -0.2) is 40.6 Å². The molecule has 1 aromatic heterocycles. The van der Waals surface area contributed by atoms with Gasteiger partial charge in [-0.25, -0.2) is 4.98 Å². The van der Waals surface area contributed by atoms with Crippen LogP contribution in [0, 0.1) is 5.92 Å². The highest BCUT2D eigenvalue weighted by Crippen LogP contribution is 2.32. The summed E-state index contributed by atoms with van der Waals surface area (Å²) in [7, 11) is 0. The van der Waals surface area contributed by atoms with Crippen LogP contribution in [0.1, 0.15) is 20.3 Å². The van der Waals surface area contributed by atoms with E-state index in [1.54, 1.807) is 0 Å². The number of thiazole rings is 1. The maximum Gasteiger partial charge on any atom is 0.264 e. The predicted molar refractivity (Wildman–Crippen MR) is 93.4 cm³/mol. The van der Waals surface area contributed by atoms with Crippen LogP contribution in [0.5, 0.6) is 0 Å². The Kier molecular flexibility index (Phi) is 4.49. The van der Waals surface area contributed by atoms with Crippen LogP contribution in [0.3, 0.4) is 0 Å². The quantitative estimate of drug-likeness (QED) is 0.676. The molecule has 0 unspecified atom stereocenters. The number of fused-ring (bicyclic) bond motifs is 1. The minimum atomic E-state index is -0.430. The Balaban J connectivity index is 1.86. The number of carbonyl (C=O) groups excluding carboxylic acids is 1. The SMILES string of the molecule is CC(=NCCCO)[C@H]1C(=O)N(c2nc3ccccc3s2)N=C1C. The van der Waals surface area contributed by atoms with Gasteiger partial charge in [-0.1, -0.05) is 23.5 Å². The van der Waals surface area contributed by atoms with Crippen molar-refractivity contribution in [1.82, 2.24) is 4.98 Å². The molecule has 1 atom stereocenters. The van der Waals surface area contributed by atoms with Crippen LogP contribution in [0.15, 0.2) is 34.4 Å². The van der Waals surface area contributed by atoms with Gasteiger partial charge in [-0.3, -0.25) is 9.79 Å². The molecule has 1 aliphatic heterocycles. The number of para-hydroxylation sites is 1. The summed E-state index contributed by atoms with van der Waals surface area (Å²) in [6.45, 7) is 4.28. The predicted octanol–water partition coefficient (Wildman–Crippen LogP) is 2.48. The molecule has 1 aromatic carbocycles. The number of hydrogen-bond acceptors (Lipinski definition) is 6. The van der Waals surface area contributed by atoms with E-state index in [0.29, 0.717) is 18.1 Å². The van der Waals surface area contributed by atoms with Crippen LogP contribution in [0.4, 0.5) is 5.13 Å². The summed E-state index contributed by atoms with van der Waals surface area (Å²) < 4.78 is 1.03. The van der Waals surface area contributed by atoms with Crippen LogP contribution < -0.4 is 5.01 Å². The Morgan fingerprint density at radius 1 is 1.43 bits per heavy atom. The molecule has 2 aromatic rings. The van der Waals surface area contributed by atoms with Crippen molar-refractivity contribution in [2.24, 2.45) is 16.0 Å². The number of carbonyl (C=O) groups is 1. The first-order valence-electron chi connectivity index (χ1n) is 7.48. The molecule has 0 aliphatic carbocycles. The van der Waals surface area contributed by atoms with Gasteiger partial charge >= 0.3 is 0 Å². The lowest BCUT2D eigenvalue weighted by molar-refractivity contribution is -0.118. The molecule has 0 fully saturated rings. The van der Waals surface area contributed by atoms with Crippen LogP contribution in [0.2, 0.25) is 0 Å². The van der Waals surface area contributed by atoms with E-state index in [2.05, 4.69) is 15.1 Å². The van der Waals surface area contributed by atoms with E-state index < -0.39 is 5.92 Å². The zero-order valence-corrected chi connectivity index (χ0v) is 13.9. The second-order valence-electron chi connectivity index (χ2n) is 5.39. The number of hydrogen-bond donors (Lipinski definition) is 1. The smallest absolute Gasteiger partial charge is 0.264 e. The summed E-state index contributed by atoms with van der Waals surface area (Å²) in [6, 6.07) is 7.77.